The normalized spacial score (nSPS) is 17.9. The maximum absolute atomic E-state index is 13.5. The van der Waals surface area contributed by atoms with Crippen LogP contribution in [0.15, 0.2) is 77.6 Å². The van der Waals surface area contributed by atoms with Crippen molar-refractivity contribution in [2.75, 3.05) is 24.1 Å². The number of β-lactam (4-membered cyclic amide) rings is 1. The number of anilines is 1. The monoisotopic (exact) mass is 659 g/mol. The summed E-state index contributed by atoms with van der Waals surface area (Å²) in [6, 6.07) is 17.6. The quantitative estimate of drug-likeness (QED) is 0.110. The fourth-order valence-electron chi connectivity index (χ4n) is 4.43. The number of hydrogen-bond donors (Lipinski definition) is 2. The van der Waals surface area contributed by atoms with Crippen molar-refractivity contribution in [1.29, 1.82) is 0 Å². The number of thiazole rings is 1. The van der Waals surface area contributed by atoms with E-state index in [2.05, 4.69) is 20.8 Å². The highest BCUT2D eigenvalue weighted by molar-refractivity contribution is 8.00. The van der Waals surface area contributed by atoms with Crippen LogP contribution in [0.1, 0.15) is 22.9 Å². The first-order valence-electron chi connectivity index (χ1n) is 12.7. The van der Waals surface area contributed by atoms with Gasteiger partial charge in [0.1, 0.15) is 40.1 Å². The number of fused-ring (bicyclic) bond motifs is 1. The molecule has 1 saturated heterocycles. The fourth-order valence-corrected chi connectivity index (χ4v) is 6.75. The molecule has 0 spiro atoms. The molecule has 11 nitrogen and oxygen atoms in total. The molecule has 0 aliphatic carbocycles. The number of thioether (sulfide) groups is 1. The van der Waals surface area contributed by atoms with E-state index in [1.165, 1.54) is 23.8 Å². The first kappa shape index (κ1) is 30.5. The molecule has 43 heavy (non-hydrogen) atoms. The SMILES string of the molecule is CON=C(C(=O)N[C@@H]1C(=O)N2C(C(=O)OC(c3ccccc3)c3ccccc3)=CCS[C@H]12)c1nc(NC(=O)CCl)sc1Cl. The van der Waals surface area contributed by atoms with Crippen molar-refractivity contribution in [3.63, 3.8) is 0 Å². The van der Waals surface area contributed by atoms with Gasteiger partial charge in [0.05, 0.1) is 0 Å². The molecule has 1 aromatic heterocycles. The number of aromatic nitrogens is 1. The van der Waals surface area contributed by atoms with Crippen LogP contribution >= 0.6 is 46.3 Å². The van der Waals surface area contributed by atoms with Gasteiger partial charge in [0, 0.05) is 5.75 Å². The first-order chi connectivity index (χ1) is 20.8. The topological polar surface area (TPSA) is 139 Å². The van der Waals surface area contributed by atoms with Crippen LogP contribution in [0.2, 0.25) is 4.34 Å². The van der Waals surface area contributed by atoms with E-state index in [0.29, 0.717) is 5.75 Å². The number of benzene rings is 2. The lowest BCUT2D eigenvalue weighted by molar-refractivity contribution is -0.154. The molecule has 2 aromatic carbocycles. The summed E-state index contributed by atoms with van der Waals surface area (Å²) in [5, 5.41) is 8.39. The van der Waals surface area contributed by atoms with Crippen molar-refractivity contribution in [2.45, 2.75) is 17.5 Å². The third-order valence-corrected chi connectivity index (χ3v) is 8.94. The molecule has 0 radical (unpaired) electrons. The second-order valence-corrected chi connectivity index (χ2v) is 12.0. The summed E-state index contributed by atoms with van der Waals surface area (Å²) in [7, 11) is 1.23. The number of rotatable bonds is 10. The average Bonchev–Trinajstić information content (AvgIpc) is 3.39. The van der Waals surface area contributed by atoms with Gasteiger partial charge in [-0.05, 0) is 17.2 Å². The van der Waals surface area contributed by atoms with Crippen LogP contribution in [0.25, 0.3) is 0 Å². The zero-order chi connectivity index (χ0) is 30.5. The molecule has 3 heterocycles. The first-order valence-corrected chi connectivity index (χ1v) is 15.5. The van der Waals surface area contributed by atoms with Crippen LogP contribution in [0.5, 0.6) is 0 Å². The molecule has 2 aliphatic heterocycles. The number of nitrogens with zero attached hydrogens (tertiary/aromatic N) is 3. The van der Waals surface area contributed by atoms with E-state index >= 15 is 0 Å². The van der Waals surface area contributed by atoms with Crippen LogP contribution < -0.4 is 10.6 Å². The molecule has 5 rings (SSSR count). The van der Waals surface area contributed by atoms with Crippen LogP contribution in [-0.4, -0.2) is 69.4 Å². The van der Waals surface area contributed by atoms with Crippen LogP contribution in [0.3, 0.4) is 0 Å². The predicted molar refractivity (Wildman–Crippen MR) is 164 cm³/mol. The average molecular weight is 661 g/mol. The number of esters is 1. The molecule has 222 valence electrons. The van der Waals surface area contributed by atoms with E-state index in [0.717, 1.165) is 22.5 Å². The van der Waals surface area contributed by atoms with Gasteiger partial charge in [0.25, 0.3) is 11.8 Å². The Labute approximate surface area is 264 Å². The van der Waals surface area contributed by atoms with Crippen molar-refractivity contribution in [3.8, 4) is 0 Å². The molecular formula is C28H23Cl2N5O6S2. The number of hydrogen-bond acceptors (Lipinski definition) is 10. The molecule has 0 unspecified atom stereocenters. The van der Waals surface area contributed by atoms with Crippen molar-refractivity contribution in [1.82, 2.24) is 15.2 Å². The number of alkyl halides is 1. The van der Waals surface area contributed by atoms with E-state index in [9.17, 15) is 19.2 Å². The van der Waals surface area contributed by atoms with Crippen molar-refractivity contribution < 1.29 is 28.8 Å². The molecule has 2 atom stereocenters. The Hall–Kier alpha value is -3.91. The third kappa shape index (κ3) is 6.54. The van der Waals surface area contributed by atoms with Crippen molar-refractivity contribution in [2.24, 2.45) is 5.16 Å². The van der Waals surface area contributed by atoms with Gasteiger partial charge in [0.15, 0.2) is 16.9 Å². The highest BCUT2D eigenvalue weighted by atomic mass is 35.5. The van der Waals surface area contributed by atoms with Gasteiger partial charge in [-0.2, -0.15) is 0 Å². The Kier molecular flexibility index (Phi) is 9.65. The summed E-state index contributed by atoms with van der Waals surface area (Å²) in [6.07, 6.45) is 0.946. The van der Waals surface area contributed by atoms with Gasteiger partial charge in [-0.25, -0.2) is 9.78 Å². The molecule has 0 bridgehead atoms. The predicted octanol–water partition coefficient (Wildman–Crippen LogP) is 3.94. The van der Waals surface area contributed by atoms with E-state index in [1.807, 2.05) is 60.7 Å². The minimum Gasteiger partial charge on any atom is -0.448 e. The number of oxime groups is 1. The standard InChI is InChI=1S/C28H23Cl2N5O6S2/c1-40-34-20(19-23(30)43-28(33-19)31-18(36)14-29)24(37)32-21-25(38)35-17(12-13-42-26(21)35)27(39)41-22(15-8-4-2-5-9-15)16-10-6-3-7-11-16/h2-12,21-22,26H,13-14H2,1H3,(H,32,37)(H,31,33,36)/t21-,26-/m1/s1. The van der Waals surface area contributed by atoms with Crippen LogP contribution in [0.4, 0.5) is 5.13 Å². The zero-order valence-corrected chi connectivity index (χ0v) is 25.5. The lowest BCUT2D eigenvalue weighted by Crippen LogP contribution is -2.70. The van der Waals surface area contributed by atoms with E-state index in [-0.39, 0.29) is 32.5 Å². The molecule has 1 fully saturated rings. The summed E-state index contributed by atoms with van der Waals surface area (Å²) in [5.74, 6) is -2.34. The maximum atomic E-state index is 13.5. The Morgan fingerprint density at radius 1 is 1.12 bits per heavy atom. The van der Waals surface area contributed by atoms with E-state index < -0.39 is 41.2 Å². The van der Waals surface area contributed by atoms with Crippen LogP contribution in [-0.2, 0) is 28.8 Å². The molecule has 2 aliphatic rings. The van der Waals surface area contributed by atoms with Crippen molar-refractivity contribution >= 4 is 80.8 Å². The Bertz CT molecular complexity index is 1560. The third-order valence-electron chi connectivity index (χ3n) is 6.35. The summed E-state index contributed by atoms with van der Waals surface area (Å²) < 4.78 is 6.02. The number of nitrogens with one attached hydrogen (secondary N) is 2. The molecule has 3 aromatic rings. The summed E-state index contributed by atoms with van der Waals surface area (Å²) in [4.78, 5) is 61.9. The smallest absolute Gasteiger partial charge is 0.355 e. The highest BCUT2D eigenvalue weighted by Gasteiger charge is 2.53. The summed E-state index contributed by atoms with van der Waals surface area (Å²) >= 11 is 14.1. The number of halogens is 2. The molecular weight excluding hydrogens is 637 g/mol. The van der Waals surface area contributed by atoms with Gasteiger partial charge < -0.3 is 20.2 Å². The lowest BCUT2D eigenvalue weighted by atomic mass is 10.0. The molecule has 3 amide bonds. The van der Waals surface area contributed by atoms with Gasteiger partial charge in [-0.3, -0.25) is 19.3 Å². The van der Waals surface area contributed by atoms with Crippen LogP contribution in [0, 0.1) is 0 Å². The molecule has 0 saturated carbocycles. The second-order valence-electron chi connectivity index (χ2n) is 9.02. The van der Waals surface area contributed by atoms with E-state index in [1.54, 1.807) is 6.08 Å². The Morgan fingerprint density at radius 2 is 1.77 bits per heavy atom. The number of amides is 3. The minimum atomic E-state index is -0.970. The fraction of sp³-hybridized carbons (Fsp3) is 0.214. The van der Waals surface area contributed by atoms with Gasteiger partial charge in [0.2, 0.25) is 5.91 Å². The number of carbonyl (C=O) groups is 4. The van der Waals surface area contributed by atoms with E-state index in [4.69, 9.17) is 32.8 Å². The molecule has 15 heteroatoms. The Morgan fingerprint density at radius 3 is 2.37 bits per heavy atom. The second kappa shape index (κ2) is 13.6. The number of carbonyl (C=O) groups excluding carboxylic acids is 4. The van der Waals surface area contributed by atoms with Gasteiger partial charge in [-0.1, -0.05) is 88.8 Å². The largest absolute Gasteiger partial charge is 0.448 e. The maximum Gasteiger partial charge on any atom is 0.355 e. The van der Waals surface area contributed by atoms with Gasteiger partial charge >= 0.3 is 5.97 Å². The Balaban J connectivity index is 1.30. The highest BCUT2D eigenvalue weighted by Crippen LogP contribution is 2.39. The van der Waals surface area contributed by atoms with Gasteiger partial charge in [-0.15, -0.1) is 23.4 Å². The van der Waals surface area contributed by atoms with Crippen molar-refractivity contribution in [3.05, 3.63) is 93.6 Å². The summed E-state index contributed by atoms with van der Waals surface area (Å²) in [5.41, 5.74) is 1.31. The molecule has 2 N–H and O–H groups in total. The zero-order valence-electron chi connectivity index (χ0n) is 22.4. The lowest BCUT2D eigenvalue weighted by Gasteiger charge is -2.48. The minimum absolute atomic E-state index is 0.0483. The summed E-state index contributed by atoms with van der Waals surface area (Å²) in [6.45, 7) is 0. The number of ether oxygens (including phenoxy) is 1.